The van der Waals surface area contributed by atoms with Gasteiger partial charge in [-0.1, -0.05) is 49.6 Å². The van der Waals surface area contributed by atoms with E-state index in [0.29, 0.717) is 29.9 Å². The van der Waals surface area contributed by atoms with Gasteiger partial charge in [0, 0.05) is 42.2 Å². The van der Waals surface area contributed by atoms with Gasteiger partial charge in [-0.15, -0.1) is 0 Å². The molecule has 1 amide bonds. The van der Waals surface area contributed by atoms with Crippen molar-refractivity contribution >= 4 is 23.1 Å². The molecule has 0 unspecified atom stereocenters. The lowest BCUT2D eigenvalue weighted by atomic mass is 9.88. The third kappa shape index (κ3) is 4.98. The fourth-order valence-corrected chi connectivity index (χ4v) is 4.78. The molecule has 1 N–H and O–H groups in total. The summed E-state index contributed by atoms with van der Waals surface area (Å²) < 4.78 is 0. The Balaban J connectivity index is 1.42. The minimum absolute atomic E-state index is 0.0588. The molecule has 0 spiro atoms. The van der Waals surface area contributed by atoms with Crippen LogP contribution in [0, 0.1) is 16.0 Å². The Kier molecular flexibility index (Phi) is 6.83. The molecule has 4 rings (SSSR count). The highest BCUT2D eigenvalue weighted by Crippen LogP contribution is 2.32. The number of hydrogen-bond acceptors (Lipinski definition) is 5. The van der Waals surface area contributed by atoms with E-state index in [1.54, 1.807) is 36.4 Å². The van der Waals surface area contributed by atoms with E-state index in [1.807, 2.05) is 11.0 Å². The third-order valence-electron chi connectivity index (χ3n) is 6.63. The number of carbonyl (C=O) groups is 2. The number of nitro groups is 1. The predicted octanol–water partition coefficient (Wildman–Crippen LogP) is 4.49. The van der Waals surface area contributed by atoms with Crippen molar-refractivity contribution in [1.29, 1.82) is 0 Å². The molecule has 0 bridgehead atoms. The van der Waals surface area contributed by atoms with Crippen LogP contribution < -0.4 is 10.2 Å². The van der Waals surface area contributed by atoms with Gasteiger partial charge >= 0.3 is 0 Å². The molecule has 2 fully saturated rings. The van der Waals surface area contributed by atoms with Crippen LogP contribution in [0.3, 0.4) is 0 Å². The molecule has 7 nitrogen and oxygen atoms in total. The molecule has 2 aromatic rings. The molecule has 1 saturated heterocycles. The summed E-state index contributed by atoms with van der Waals surface area (Å²) in [5.41, 5.74) is 1.28. The van der Waals surface area contributed by atoms with Crippen molar-refractivity contribution in [3.63, 3.8) is 0 Å². The molecule has 2 aliphatic rings. The Morgan fingerprint density at radius 3 is 2.25 bits per heavy atom. The van der Waals surface area contributed by atoms with Crippen LogP contribution in [0.4, 0.5) is 11.4 Å². The van der Waals surface area contributed by atoms with E-state index in [1.165, 1.54) is 12.5 Å². The van der Waals surface area contributed by atoms with Crippen LogP contribution in [0.25, 0.3) is 0 Å². The fourth-order valence-electron chi connectivity index (χ4n) is 4.78. The molecule has 1 heterocycles. The molecule has 168 valence electrons. The van der Waals surface area contributed by atoms with Crippen molar-refractivity contribution in [2.75, 3.05) is 18.0 Å². The highest BCUT2D eigenvalue weighted by Gasteiger charge is 2.28. The zero-order valence-corrected chi connectivity index (χ0v) is 18.2. The highest BCUT2D eigenvalue weighted by atomic mass is 16.6. The van der Waals surface area contributed by atoms with Crippen LogP contribution in [-0.4, -0.2) is 35.7 Å². The van der Waals surface area contributed by atoms with Crippen molar-refractivity contribution < 1.29 is 14.5 Å². The molecule has 1 saturated carbocycles. The van der Waals surface area contributed by atoms with Crippen molar-refractivity contribution in [2.24, 2.45) is 5.92 Å². The maximum Gasteiger partial charge on any atom is 0.293 e. The SMILES string of the molecule is O=C(c1ccccc1)c1ccc(N2CCC(NC(=O)C3CCCCC3)CC2)c([N+](=O)[O-])c1. The molecule has 7 heteroatoms. The molecular formula is C25H29N3O4. The van der Waals surface area contributed by atoms with Gasteiger partial charge in [0.15, 0.2) is 5.78 Å². The molecule has 0 aromatic heterocycles. The lowest BCUT2D eigenvalue weighted by molar-refractivity contribution is -0.384. The smallest absolute Gasteiger partial charge is 0.293 e. The summed E-state index contributed by atoms with van der Waals surface area (Å²) in [5.74, 6) is 0.0693. The maximum absolute atomic E-state index is 12.7. The largest absolute Gasteiger partial charge is 0.366 e. The molecule has 32 heavy (non-hydrogen) atoms. The Morgan fingerprint density at radius 1 is 0.906 bits per heavy atom. The van der Waals surface area contributed by atoms with Gasteiger partial charge in [0.1, 0.15) is 5.69 Å². The van der Waals surface area contributed by atoms with Gasteiger partial charge < -0.3 is 10.2 Å². The summed E-state index contributed by atoms with van der Waals surface area (Å²) in [7, 11) is 0. The van der Waals surface area contributed by atoms with Gasteiger partial charge in [-0.3, -0.25) is 19.7 Å². The zero-order valence-electron chi connectivity index (χ0n) is 18.2. The number of rotatable bonds is 6. The van der Waals surface area contributed by atoms with Crippen molar-refractivity contribution in [2.45, 2.75) is 51.0 Å². The minimum Gasteiger partial charge on any atom is -0.366 e. The molecule has 1 aliphatic heterocycles. The van der Waals surface area contributed by atoms with Crippen LogP contribution in [-0.2, 0) is 4.79 Å². The first-order valence-electron chi connectivity index (χ1n) is 11.5. The van der Waals surface area contributed by atoms with Crippen LogP contribution in [0.1, 0.15) is 60.9 Å². The topological polar surface area (TPSA) is 92.6 Å². The van der Waals surface area contributed by atoms with Gasteiger partial charge in [0.25, 0.3) is 5.69 Å². The maximum atomic E-state index is 12.7. The average molecular weight is 436 g/mol. The number of hydrogen-bond donors (Lipinski definition) is 1. The standard InChI is InChI=1S/C25H29N3O4/c29-24(18-7-3-1-4-8-18)20-11-12-22(23(17-20)28(31)32)27-15-13-21(14-16-27)26-25(30)19-9-5-2-6-10-19/h1,3-4,7-8,11-12,17,19,21H,2,5-6,9-10,13-16H2,(H,26,30). The second kappa shape index (κ2) is 9.94. The number of nitro benzene ring substituents is 1. The van der Waals surface area contributed by atoms with Gasteiger partial charge in [-0.05, 0) is 37.8 Å². The van der Waals surface area contributed by atoms with Crippen molar-refractivity contribution in [3.05, 3.63) is 69.8 Å². The first-order valence-corrected chi connectivity index (χ1v) is 11.5. The Labute approximate surface area is 188 Å². The number of nitrogens with one attached hydrogen (secondary N) is 1. The Bertz CT molecular complexity index is 978. The Hall–Kier alpha value is -3.22. The van der Waals surface area contributed by atoms with E-state index in [4.69, 9.17) is 0 Å². The normalized spacial score (nSPS) is 17.7. The lowest BCUT2D eigenvalue weighted by Gasteiger charge is -2.34. The lowest BCUT2D eigenvalue weighted by Crippen LogP contribution is -2.46. The van der Waals surface area contributed by atoms with Crippen molar-refractivity contribution in [1.82, 2.24) is 5.32 Å². The quantitative estimate of drug-likeness (QED) is 0.410. The second-order valence-electron chi connectivity index (χ2n) is 8.76. The number of piperidine rings is 1. The van der Waals surface area contributed by atoms with Gasteiger partial charge in [0.2, 0.25) is 5.91 Å². The van der Waals surface area contributed by atoms with Crippen LogP contribution in [0.15, 0.2) is 48.5 Å². The number of ketones is 1. The van der Waals surface area contributed by atoms with E-state index in [0.717, 1.165) is 38.5 Å². The predicted molar refractivity (Wildman–Crippen MR) is 123 cm³/mol. The van der Waals surface area contributed by atoms with E-state index >= 15 is 0 Å². The van der Waals surface area contributed by atoms with Gasteiger partial charge in [-0.25, -0.2) is 0 Å². The number of carbonyl (C=O) groups excluding carboxylic acids is 2. The second-order valence-corrected chi connectivity index (χ2v) is 8.76. The summed E-state index contributed by atoms with van der Waals surface area (Å²) >= 11 is 0. The fraction of sp³-hybridized carbons (Fsp3) is 0.440. The van der Waals surface area contributed by atoms with Gasteiger partial charge in [0.05, 0.1) is 4.92 Å². The summed E-state index contributed by atoms with van der Waals surface area (Å²) in [6.07, 6.45) is 6.93. The van der Waals surface area contributed by atoms with E-state index in [2.05, 4.69) is 5.32 Å². The Morgan fingerprint density at radius 2 is 1.59 bits per heavy atom. The number of nitrogens with zero attached hydrogens (tertiary/aromatic N) is 2. The van der Waals surface area contributed by atoms with E-state index in [9.17, 15) is 19.7 Å². The summed E-state index contributed by atoms with van der Waals surface area (Å²) in [6, 6.07) is 13.6. The third-order valence-corrected chi connectivity index (χ3v) is 6.63. The van der Waals surface area contributed by atoms with Gasteiger partial charge in [-0.2, -0.15) is 0 Å². The van der Waals surface area contributed by atoms with Crippen LogP contribution in [0.5, 0.6) is 0 Å². The summed E-state index contributed by atoms with van der Waals surface area (Å²) in [5, 5.41) is 15.0. The monoisotopic (exact) mass is 435 g/mol. The first-order chi connectivity index (χ1) is 15.5. The summed E-state index contributed by atoms with van der Waals surface area (Å²) in [4.78, 5) is 38.6. The highest BCUT2D eigenvalue weighted by molar-refractivity contribution is 6.09. The molecule has 1 aliphatic carbocycles. The van der Waals surface area contributed by atoms with E-state index in [-0.39, 0.29) is 29.3 Å². The number of amides is 1. The zero-order chi connectivity index (χ0) is 22.5. The minimum atomic E-state index is -0.423. The molecule has 0 atom stereocenters. The number of benzene rings is 2. The molecular weight excluding hydrogens is 406 g/mol. The molecule has 2 aromatic carbocycles. The average Bonchev–Trinajstić information content (AvgIpc) is 2.85. The van der Waals surface area contributed by atoms with Crippen molar-refractivity contribution in [3.8, 4) is 0 Å². The molecule has 0 radical (unpaired) electrons. The summed E-state index contributed by atoms with van der Waals surface area (Å²) in [6.45, 7) is 1.25. The van der Waals surface area contributed by atoms with E-state index < -0.39 is 4.92 Å². The number of anilines is 1. The van der Waals surface area contributed by atoms with Crippen LogP contribution in [0.2, 0.25) is 0 Å². The van der Waals surface area contributed by atoms with Crippen LogP contribution >= 0.6 is 0 Å². The first kappa shape index (κ1) is 22.0.